The predicted molar refractivity (Wildman–Crippen MR) is 145 cm³/mol. The van der Waals surface area contributed by atoms with E-state index in [1.807, 2.05) is 103 Å². The van der Waals surface area contributed by atoms with Crippen LogP contribution in [0.1, 0.15) is 16.7 Å². The number of fused-ring (bicyclic) bond motifs is 1. The fraction of sp³-hybridized carbons (Fsp3) is 0.194. The molecule has 7 nitrogen and oxygen atoms in total. The van der Waals surface area contributed by atoms with E-state index in [2.05, 4.69) is 10.6 Å². The molecule has 0 unspecified atom stereocenters. The highest BCUT2D eigenvalue weighted by molar-refractivity contribution is 5.91. The minimum absolute atomic E-state index is 0.0677. The van der Waals surface area contributed by atoms with Gasteiger partial charge in [0.25, 0.3) is 0 Å². The van der Waals surface area contributed by atoms with Gasteiger partial charge in [0.2, 0.25) is 5.91 Å². The second kappa shape index (κ2) is 13.1. The third kappa shape index (κ3) is 7.20. The number of esters is 1. The van der Waals surface area contributed by atoms with Crippen LogP contribution >= 0.6 is 0 Å². The maximum absolute atomic E-state index is 13.5. The summed E-state index contributed by atoms with van der Waals surface area (Å²) in [7, 11) is 1.28. The molecule has 0 saturated carbocycles. The molecule has 7 heteroatoms. The van der Waals surface area contributed by atoms with Gasteiger partial charge in [0.1, 0.15) is 18.7 Å². The topological polar surface area (TPSA) is 93.7 Å². The molecule has 38 heavy (non-hydrogen) atoms. The van der Waals surface area contributed by atoms with Crippen molar-refractivity contribution in [2.45, 2.75) is 31.5 Å². The summed E-state index contributed by atoms with van der Waals surface area (Å²) >= 11 is 0. The lowest BCUT2D eigenvalue weighted by Gasteiger charge is -2.23. The van der Waals surface area contributed by atoms with Gasteiger partial charge in [0, 0.05) is 12.8 Å². The van der Waals surface area contributed by atoms with Crippen LogP contribution in [0.2, 0.25) is 0 Å². The largest absolute Gasteiger partial charge is 0.467 e. The maximum Gasteiger partial charge on any atom is 0.408 e. The Bertz CT molecular complexity index is 1370. The van der Waals surface area contributed by atoms with E-state index in [1.165, 1.54) is 7.11 Å². The van der Waals surface area contributed by atoms with Gasteiger partial charge in [0.15, 0.2) is 0 Å². The van der Waals surface area contributed by atoms with E-state index in [0.29, 0.717) is 0 Å². The Morgan fingerprint density at radius 1 is 0.684 bits per heavy atom. The van der Waals surface area contributed by atoms with Crippen molar-refractivity contribution in [2.24, 2.45) is 0 Å². The third-order valence-corrected chi connectivity index (χ3v) is 6.21. The fourth-order valence-corrected chi connectivity index (χ4v) is 4.26. The second-order valence-electron chi connectivity index (χ2n) is 8.88. The van der Waals surface area contributed by atoms with Crippen LogP contribution in [0, 0.1) is 0 Å². The van der Waals surface area contributed by atoms with E-state index in [9.17, 15) is 14.4 Å². The number of hydrogen-bond acceptors (Lipinski definition) is 5. The molecule has 0 aromatic heterocycles. The Hall–Kier alpha value is -4.65. The van der Waals surface area contributed by atoms with Crippen LogP contribution in [0.25, 0.3) is 10.8 Å². The second-order valence-corrected chi connectivity index (χ2v) is 8.88. The van der Waals surface area contributed by atoms with Gasteiger partial charge >= 0.3 is 12.1 Å². The molecule has 0 aliphatic rings. The summed E-state index contributed by atoms with van der Waals surface area (Å²) in [6, 6.07) is 30.3. The predicted octanol–water partition coefficient (Wildman–Crippen LogP) is 4.58. The monoisotopic (exact) mass is 510 g/mol. The van der Waals surface area contributed by atoms with Gasteiger partial charge in [-0.3, -0.25) is 4.79 Å². The van der Waals surface area contributed by atoms with Crippen LogP contribution in [0.15, 0.2) is 103 Å². The summed E-state index contributed by atoms with van der Waals surface area (Å²) in [4.78, 5) is 38.8. The number of hydrogen-bond donors (Lipinski definition) is 2. The highest BCUT2D eigenvalue weighted by atomic mass is 16.5. The zero-order chi connectivity index (χ0) is 26.7. The third-order valence-electron chi connectivity index (χ3n) is 6.21. The molecule has 4 aromatic carbocycles. The molecular formula is C31H30N2O5. The Morgan fingerprint density at radius 2 is 1.32 bits per heavy atom. The van der Waals surface area contributed by atoms with Gasteiger partial charge in [0.05, 0.1) is 7.11 Å². The molecule has 0 aliphatic heterocycles. The van der Waals surface area contributed by atoms with Crippen molar-refractivity contribution in [3.8, 4) is 0 Å². The van der Waals surface area contributed by atoms with Crippen molar-refractivity contribution in [2.75, 3.05) is 7.11 Å². The van der Waals surface area contributed by atoms with Gasteiger partial charge < -0.3 is 20.1 Å². The van der Waals surface area contributed by atoms with Gasteiger partial charge in [-0.1, -0.05) is 103 Å². The Balaban J connectivity index is 1.50. The highest BCUT2D eigenvalue weighted by Crippen LogP contribution is 2.20. The Labute approximate surface area is 221 Å². The van der Waals surface area contributed by atoms with Crippen LogP contribution in [0.5, 0.6) is 0 Å². The number of amides is 2. The minimum Gasteiger partial charge on any atom is -0.467 e. The number of methoxy groups -OCH3 is 1. The molecule has 2 atom stereocenters. The van der Waals surface area contributed by atoms with Gasteiger partial charge in [-0.05, 0) is 27.5 Å². The van der Waals surface area contributed by atoms with E-state index in [1.54, 1.807) is 0 Å². The van der Waals surface area contributed by atoms with Crippen molar-refractivity contribution >= 4 is 28.7 Å². The van der Waals surface area contributed by atoms with E-state index < -0.39 is 30.1 Å². The lowest BCUT2D eigenvalue weighted by Crippen LogP contribution is -2.53. The molecule has 0 fully saturated rings. The summed E-state index contributed by atoms with van der Waals surface area (Å²) < 4.78 is 10.3. The molecule has 0 spiro atoms. The molecule has 0 aliphatic carbocycles. The van der Waals surface area contributed by atoms with Crippen LogP contribution in [0.3, 0.4) is 0 Å². The molecular weight excluding hydrogens is 480 g/mol. The number of alkyl carbamates (subject to hydrolysis) is 1. The fourth-order valence-electron chi connectivity index (χ4n) is 4.26. The molecule has 2 amide bonds. The van der Waals surface area contributed by atoms with Crippen molar-refractivity contribution < 1.29 is 23.9 Å². The van der Waals surface area contributed by atoms with Crippen molar-refractivity contribution in [3.63, 3.8) is 0 Å². The number of ether oxygens (including phenoxy) is 2. The van der Waals surface area contributed by atoms with E-state index in [0.717, 1.165) is 27.5 Å². The van der Waals surface area contributed by atoms with Crippen LogP contribution in [-0.2, 0) is 38.5 Å². The first-order valence-electron chi connectivity index (χ1n) is 12.4. The first kappa shape index (κ1) is 26.4. The molecule has 4 aromatic rings. The SMILES string of the molecule is COC(=O)[C@@H](Cc1cccc2ccccc12)NC(=O)[C@H](Cc1ccccc1)NC(=O)OCc1ccccc1. The Kier molecular flexibility index (Phi) is 9.07. The number of carbonyl (C=O) groups excluding carboxylic acids is 3. The van der Waals surface area contributed by atoms with E-state index >= 15 is 0 Å². The average molecular weight is 511 g/mol. The first-order chi connectivity index (χ1) is 18.5. The summed E-state index contributed by atoms with van der Waals surface area (Å²) in [5.74, 6) is -1.09. The molecule has 4 rings (SSSR count). The molecule has 0 saturated heterocycles. The zero-order valence-electron chi connectivity index (χ0n) is 21.1. The minimum atomic E-state index is -0.972. The van der Waals surface area contributed by atoms with Gasteiger partial charge in [-0.2, -0.15) is 0 Å². The van der Waals surface area contributed by atoms with Crippen molar-refractivity contribution in [1.82, 2.24) is 10.6 Å². The van der Waals surface area contributed by atoms with Gasteiger partial charge in [-0.15, -0.1) is 0 Å². The van der Waals surface area contributed by atoms with Crippen molar-refractivity contribution in [1.29, 1.82) is 0 Å². The molecule has 0 heterocycles. The summed E-state index contributed by atoms with van der Waals surface area (Å²) in [6.45, 7) is 0.0677. The average Bonchev–Trinajstić information content (AvgIpc) is 2.96. The molecule has 194 valence electrons. The van der Waals surface area contributed by atoms with Crippen LogP contribution in [-0.4, -0.2) is 37.2 Å². The number of rotatable bonds is 10. The van der Waals surface area contributed by atoms with E-state index in [4.69, 9.17) is 9.47 Å². The number of benzene rings is 4. The van der Waals surface area contributed by atoms with Crippen LogP contribution in [0.4, 0.5) is 4.79 Å². The normalized spacial score (nSPS) is 12.2. The quantitative estimate of drug-likeness (QED) is 0.305. The Morgan fingerprint density at radius 3 is 2.03 bits per heavy atom. The summed E-state index contributed by atoms with van der Waals surface area (Å²) in [5, 5.41) is 7.48. The molecule has 0 radical (unpaired) electrons. The number of carbonyl (C=O) groups is 3. The van der Waals surface area contributed by atoms with Crippen LogP contribution < -0.4 is 10.6 Å². The first-order valence-corrected chi connectivity index (χ1v) is 12.4. The lowest BCUT2D eigenvalue weighted by molar-refractivity contribution is -0.145. The molecule has 2 N–H and O–H groups in total. The van der Waals surface area contributed by atoms with Crippen molar-refractivity contribution in [3.05, 3.63) is 120 Å². The summed E-state index contributed by atoms with van der Waals surface area (Å²) in [6.07, 6.45) is -0.278. The van der Waals surface area contributed by atoms with E-state index in [-0.39, 0.29) is 19.4 Å². The summed E-state index contributed by atoms with van der Waals surface area (Å²) in [5.41, 5.74) is 2.57. The zero-order valence-corrected chi connectivity index (χ0v) is 21.1. The highest BCUT2D eigenvalue weighted by Gasteiger charge is 2.28. The maximum atomic E-state index is 13.5. The molecule has 0 bridgehead atoms. The van der Waals surface area contributed by atoms with Gasteiger partial charge in [-0.25, -0.2) is 9.59 Å². The smallest absolute Gasteiger partial charge is 0.408 e. The lowest BCUT2D eigenvalue weighted by atomic mass is 9.98. The standard InChI is InChI=1S/C31H30N2O5/c1-37-30(35)28(20-25-17-10-16-24-15-8-9-18-26(24)25)32-29(34)27(19-22-11-4-2-5-12-22)33-31(36)38-21-23-13-6-3-7-14-23/h2-18,27-28H,19-21H2,1H3,(H,32,34)(H,33,36)/t27-,28+/m0/s1. The number of nitrogens with one attached hydrogen (secondary N) is 2.